The van der Waals surface area contributed by atoms with Crippen LogP contribution in [0.2, 0.25) is 0 Å². The van der Waals surface area contributed by atoms with E-state index in [9.17, 15) is 4.79 Å². The van der Waals surface area contributed by atoms with Crippen molar-refractivity contribution in [3.05, 3.63) is 88.7 Å². The van der Waals surface area contributed by atoms with Gasteiger partial charge in [-0.15, -0.1) is 0 Å². The molecule has 2 aromatic carbocycles. The Morgan fingerprint density at radius 2 is 1.85 bits per heavy atom. The van der Waals surface area contributed by atoms with Crippen molar-refractivity contribution in [1.82, 2.24) is 14.7 Å². The van der Waals surface area contributed by atoms with Crippen LogP contribution in [0.3, 0.4) is 0 Å². The van der Waals surface area contributed by atoms with E-state index in [0.717, 1.165) is 37.1 Å². The van der Waals surface area contributed by atoms with E-state index in [1.807, 2.05) is 46.1 Å². The lowest BCUT2D eigenvalue weighted by Crippen LogP contribution is -2.30. The number of aryl methyl sites for hydroxylation is 2. The van der Waals surface area contributed by atoms with Gasteiger partial charge < -0.3 is 4.90 Å². The third-order valence-electron chi connectivity index (χ3n) is 5.25. The van der Waals surface area contributed by atoms with Crippen LogP contribution in [0.4, 0.5) is 0 Å². The second-order valence-corrected chi connectivity index (χ2v) is 7.48. The standard InChI is InChI=1S/C23H25N3O/c1-17-13-18(2)15-21(14-17)22-5-3-12-26(22)23(27)20-8-6-19(7-9-20)16-25-11-4-10-24-25/h4,6-11,13-15,22H,3,5,12,16H2,1-2H3. The zero-order valence-electron chi connectivity index (χ0n) is 15.9. The van der Waals surface area contributed by atoms with Gasteiger partial charge in [0, 0.05) is 24.5 Å². The first kappa shape index (κ1) is 17.5. The van der Waals surface area contributed by atoms with Gasteiger partial charge in [0.15, 0.2) is 0 Å². The molecule has 1 aromatic heterocycles. The number of aromatic nitrogens is 2. The second-order valence-electron chi connectivity index (χ2n) is 7.48. The van der Waals surface area contributed by atoms with E-state index in [1.54, 1.807) is 6.20 Å². The number of likely N-dealkylation sites (tertiary alicyclic amines) is 1. The van der Waals surface area contributed by atoms with Crippen LogP contribution in [0.25, 0.3) is 0 Å². The van der Waals surface area contributed by atoms with Crippen LogP contribution >= 0.6 is 0 Å². The third-order valence-corrected chi connectivity index (χ3v) is 5.25. The van der Waals surface area contributed by atoms with E-state index >= 15 is 0 Å². The van der Waals surface area contributed by atoms with E-state index in [-0.39, 0.29) is 11.9 Å². The van der Waals surface area contributed by atoms with Gasteiger partial charge in [0.2, 0.25) is 0 Å². The van der Waals surface area contributed by atoms with Crippen LogP contribution in [0, 0.1) is 13.8 Å². The summed E-state index contributed by atoms with van der Waals surface area (Å²) in [5.74, 6) is 0.127. The molecular formula is C23H25N3O. The molecule has 0 saturated carbocycles. The van der Waals surface area contributed by atoms with Crippen LogP contribution in [-0.2, 0) is 6.54 Å². The lowest BCUT2D eigenvalue weighted by atomic mass is 9.99. The van der Waals surface area contributed by atoms with Gasteiger partial charge in [-0.3, -0.25) is 9.48 Å². The zero-order valence-corrected chi connectivity index (χ0v) is 15.9. The molecule has 138 valence electrons. The average molecular weight is 359 g/mol. The molecule has 2 heterocycles. The van der Waals surface area contributed by atoms with Crippen molar-refractivity contribution in [2.24, 2.45) is 0 Å². The monoisotopic (exact) mass is 359 g/mol. The Hall–Kier alpha value is -2.88. The van der Waals surface area contributed by atoms with E-state index in [0.29, 0.717) is 0 Å². The number of benzene rings is 2. The summed E-state index contributed by atoms with van der Waals surface area (Å²) in [5.41, 5.74) is 5.67. The first-order valence-corrected chi connectivity index (χ1v) is 9.56. The molecule has 0 spiro atoms. The molecule has 27 heavy (non-hydrogen) atoms. The smallest absolute Gasteiger partial charge is 0.254 e. The summed E-state index contributed by atoms with van der Waals surface area (Å²) in [6.07, 6.45) is 5.81. The summed E-state index contributed by atoms with van der Waals surface area (Å²) in [5, 5.41) is 4.23. The molecule has 0 bridgehead atoms. The summed E-state index contributed by atoms with van der Waals surface area (Å²) in [6.45, 7) is 5.79. The molecule has 1 aliphatic heterocycles. The fourth-order valence-corrected chi connectivity index (χ4v) is 4.06. The Kier molecular flexibility index (Phi) is 4.80. The maximum atomic E-state index is 13.1. The van der Waals surface area contributed by atoms with Crippen LogP contribution in [0.5, 0.6) is 0 Å². The second kappa shape index (κ2) is 7.39. The van der Waals surface area contributed by atoms with Crippen molar-refractivity contribution < 1.29 is 4.79 Å². The van der Waals surface area contributed by atoms with Gasteiger partial charge in [-0.05, 0) is 56.0 Å². The molecule has 1 unspecified atom stereocenters. The minimum atomic E-state index is 0.127. The fraction of sp³-hybridized carbons (Fsp3) is 0.304. The largest absolute Gasteiger partial charge is 0.332 e. The highest BCUT2D eigenvalue weighted by molar-refractivity contribution is 5.94. The summed E-state index contributed by atoms with van der Waals surface area (Å²) in [4.78, 5) is 15.2. The number of carbonyl (C=O) groups excluding carboxylic acids is 1. The summed E-state index contributed by atoms with van der Waals surface area (Å²) in [6, 6.07) is 16.7. The number of hydrogen-bond acceptors (Lipinski definition) is 2. The highest BCUT2D eigenvalue weighted by Crippen LogP contribution is 2.34. The molecule has 0 N–H and O–H groups in total. The van der Waals surface area contributed by atoms with Gasteiger partial charge in [-0.25, -0.2) is 0 Å². The Labute approximate surface area is 160 Å². The summed E-state index contributed by atoms with van der Waals surface area (Å²) >= 11 is 0. The Balaban J connectivity index is 1.52. The molecule has 0 radical (unpaired) electrons. The maximum Gasteiger partial charge on any atom is 0.254 e. The van der Waals surface area contributed by atoms with Gasteiger partial charge in [-0.2, -0.15) is 5.10 Å². The van der Waals surface area contributed by atoms with E-state index in [4.69, 9.17) is 0 Å². The molecule has 4 heteroatoms. The van der Waals surface area contributed by atoms with Crippen molar-refractivity contribution in [2.75, 3.05) is 6.54 Å². The quantitative estimate of drug-likeness (QED) is 0.687. The van der Waals surface area contributed by atoms with Crippen LogP contribution in [0.1, 0.15) is 51.5 Å². The van der Waals surface area contributed by atoms with Gasteiger partial charge in [-0.1, -0.05) is 41.5 Å². The van der Waals surface area contributed by atoms with Gasteiger partial charge in [0.25, 0.3) is 5.91 Å². The van der Waals surface area contributed by atoms with E-state index in [1.165, 1.54) is 16.7 Å². The number of rotatable bonds is 4. The summed E-state index contributed by atoms with van der Waals surface area (Å²) in [7, 11) is 0. The highest BCUT2D eigenvalue weighted by atomic mass is 16.2. The molecule has 1 aliphatic rings. The van der Waals surface area contributed by atoms with Crippen molar-refractivity contribution in [3.8, 4) is 0 Å². The molecular weight excluding hydrogens is 334 g/mol. The predicted molar refractivity (Wildman–Crippen MR) is 107 cm³/mol. The van der Waals surface area contributed by atoms with Gasteiger partial charge in [0.05, 0.1) is 12.6 Å². The Morgan fingerprint density at radius 1 is 1.11 bits per heavy atom. The lowest BCUT2D eigenvalue weighted by Gasteiger charge is -2.26. The highest BCUT2D eigenvalue weighted by Gasteiger charge is 2.30. The first-order chi connectivity index (χ1) is 13.1. The zero-order chi connectivity index (χ0) is 18.8. The average Bonchev–Trinajstić information content (AvgIpc) is 3.32. The summed E-state index contributed by atoms with van der Waals surface area (Å²) < 4.78 is 1.88. The van der Waals surface area contributed by atoms with Gasteiger partial charge in [0.1, 0.15) is 0 Å². The number of amides is 1. The molecule has 3 aromatic rings. The van der Waals surface area contributed by atoms with Crippen LogP contribution < -0.4 is 0 Å². The van der Waals surface area contributed by atoms with Crippen molar-refractivity contribution in [2.45, 2.75) is 39.3 Å². The number of carbonyl (C=O) groups is 1. The Morgan fingerprint density at radius 3 is 2.52 bits per heavy atom. The molecule has 0 aliphatic carbocycles. The van der Waals surface area contributed by atoms with Crippen LogP contribution in [0.15, 0.2) is 60.9 Å². The number of nitrogens with zero attached hydrogens (tertiary/aromatic N) is 3. The SMILES string of the molecule is Cc1cc(C)cc(C2CCCN2C(=O)c2ccc(Cn3cccn3)cc2)c1. The predicted octanol–water partition coefficient (Wildman–Crippen LogP) is 4.53. The maximum absolute atomic E-state index is 13.1. The molecule has 4 rings (SSSR count). The first-order valence-electron chi connectivity index (χ1n) is 9.56. The van der Waals surface area contributed by atoms with Gasteiger partial charge >= 0.3 is 0 Å². The minimum absolute atomic E-state index is 0.127. The van der Waals surface area contributed by atoms with Crippen molar-refractivity contribution in [3.63, 3.8) is 0 Å². The lowest BCUT2D eigenvalue weighted by molar-refractivity contribution is 0.0735. The number of hydrogen-bond donors (Lipinski definition) is 0. The van der Waals surface area contributed by atoms with Crippen molar-refractivity contribution in [1.29, 1.82) is 0 Å². The van der Waals surface area contributed by atoms with E-state index in [2.05, 4.69) is 37.1 Å². The fourth-order valence-electron chi connectivity index (χ4n) is 4.06. The van der Waals surface area contributed by atoms with E-state index < -0.39 is 0 Å². The Bertz CT molecular complexity index is 909. The molecule has 1 fully saturated rings. The molecule has 4 nitrogen and oxygen atoms in total. The molecule has 1 saturated heterocycles. The van der Waals surface area contributed by atoms with Crippen LogP contribution in [-0.4, -0.2) is 27.1 Å². The normalized spacial score (nSPS) is 16.7. The molecule has 1 atom stereocenters. The topological polar surface area (TPSA) is 38.1 Å². The minimum Gasteiger partial charge on any atom is -0.332 e. The van der Waals surface area contributed by atoms with Crippen molar-refractivity contribution >= 4 is 5.91 Å². The molecule has 1 amide bonds. The third kappa shape index (κ3) is 3.80.